The second kappa shape index (κ2) is 6.62. The Balaban J connectivity index is 1.97. The van der Waals surface area contributed by atoms with Crippen molar-refractivity contribution in [3.05, 3.63) is 46.0 Å². The van der Waals surface area contributed by atoms with Gasteiger partial charge in [0.15, 0.2) is 0 Å². The molecule has 0 saturated carbocycles. The van der Waals surface area contributed by atoms with E-state index in [-0.39, 0.29) is 23.9 Å². The van der Waals surface area contributed by atoms with Gasteiger partial charge in [0.2, 0.25) is 0 Å². The quantitative estimate of drug-likeness (QED) is 0.708. The maximum Gasteiger partial charge on any atom is 0.325 e. The second-order valence-electron chi connectivity index (χ2n) is 6.40. The van der Waals surface area contributed by atoms with Crippen molar-refractivity contribution in [1.82, 2.24) is 19.3 Å². The van der Waals surface area contributed by atoms with E-state index in [1.165, 1.54) is 10.5 Å². The Hall–Kier alpha value is -3.16. The predicted molar refractivity (Wildman–Crippen MR) is 96.2 cm³/mol. The van der Waals surface area contributed by atoms with E-state index in [2.05, 4.69) is 10.3 Å². The normalized spacial score (nSPS) is 11.3. The van der Waals surface area contributed by atoms with Gasteiger partial charge < -0.3 is 14.6 Å². The van der Waals surface area contributed by atoms with Crippen molar-refractivity contribution in [2.24, 2.45) is 7.05 Å². The topological polar surface area (TPSA) is 94.7 Å². The number of hydrogen-bond donors (Lipinski definition) is 1. The van der Waals surface area contributed by atoms with E-state index in [9.17, 15) is 14.4 Å². The lowest BCUT2D eigenvalue weighted by Crippen LogP contribution is -2.32. The molecule has 0 unspecified atom stereocenters. The number of nitrogens with zero attached hydrogens (tertiary/aromatic N) is 3. The highest BCUT2D eigenvalue weighted by Gasteiger charge is 2.18. The number of esters is 1. The van der Waals surface area contributed by atoms with Crippen molar-refractivity contribution in [3.8, 4) is 0 Å². The molecule has 0 bridgehead atoms. The zero-order valence-electron chi connectivity index (χ0n) is 15.1. The monoisotopic (exact) mass is 356 g/mol. The van der Waals surface area contributed by atoms with Crippen molar-refractivity contribution in [1.29, 1.82) is 0 Å². The van der Waals surface area contributed by atoms with Gasteiger partial charge in [0, 0.05) is 13.2 Å². The van der Waals surface area contributed by atoms with Gasteiger partial charge in [-0.05, 0) is 38.5 Å². The number of pyridine rings is 1. The summed E-state index contributed by atoms with van der Waals surface area (Å²) in [5, 5.41) is 2.84. The van der Waals surface area contributed by atoms with Crippen LogP contribution in [-0.2, 0) is 16.6 Å². The minimum atomic E-state index is -0.522. The third-order valence-corrected chi connectivity index (χ3v) is 3.94. The summed E-state index contributed by atoms with van der Waals surface area (Å²) in [6.07, 6.45) is 1.45. The van der Waals surface area contributed by atoms with Crippen molar-refractivity contribution in [2.45, 2.75) is 26.9 Å². The highest BCUT2D eigenvalue weighted by atomic mass is 16.5. The Morgan fingerprint density at radius 2 is 2.04 bits per heavy atom. The Labute approximate surface area is 149 Å². The van der Waals surface area contributed by atoms with E-state index in [0.29, 0.717) is 16.7 Å². The fourth-order valence-electron chi connectivity index (χ4n) is 2.74. The van der Waals surface area contributed by atoms with Gasteiger partial charge in [-0.25, -0.2) is 4.98 Å². The van der Waals surface area contributed by atoms with E-state index in [0.717, 1.165) is 5.56 Å². The Bertz CT molecular complexity index is 1080. The number of ether oxygens (including phenoxy) is 1. The van der Waals surface area contributed by atoms with Crippen LogP contribution in [0.15, 0.2) is 29.2 Å². The third kappa shape index (κ3) is 3.17. The highest BCUT2D eigenvalue weighted by molar-refractivity contribution is 5.99. The number of carbonyl (C=O) groups excluding carboxylic acids is 2. The average molecular weight is 356 g/mol. The molecule has 8 nitrogen and oxygen atoms in total. The van der Waals surface area contributed by atoms with Gasteiger partial charge in [0.05, 0.1) is 11.5 Å². The lowest BCUT2D eigenvalue weighted by Gasteiger charge is -2.09. The number of amides is 1. The molecule has 3 aromatic heterocycles. The van der Waals surface area contributed by atoms with Crippen LogP contribution in [0.4, 0.5) is 0 Å². The average Bonchev–Trinajstić information content (AvgIpc) is 2.90. The van der Waals surface area contributed by atoms with Gasteiger partial charge >= 0.3 is 5.97 Å². The molecular formula is C18H20N4O4. The van der Waals surface area contributed by atoms with Crippen LogP contribution < -0.4 is 10.9 Å². The largest absolute Gasteiger partial charge is 0.462 e. The summed E-state index contributed by atoms with van der Waals surface area (Å²) in [5.74, 6) is -0.998. The predicted octanol–water partition coefficient (Wildman–Crippen LogP) is 1.18. The molecule has 0 radical (unpaired) electrons. The van der Waals surface area contributed by atoms with Gasteiger partial charge in [-0.1, -0.05) is 6.07 Å². The van der Waals surface area contributed by atoms with Crippen molar-refractivity contribution >= 4 is 28.6 Å². The maximum atomic E-state index is 12.7. The SMILES string of the molecule is Cc1ccc2nc3c(cc(C(=O)NCC(=O)OC(C)C)n3C)c(=O)n2c1. The number of aromatic nitrogens is 3. The smallest absolute Gasteiger partial charge is 0.325 e. The Morgan fingerprint density at radius 3 is 2.73 bits per heavy atom. The zero-order valence-corrected chi connectivity index (χ0v) is 15.1. The van der Waals surface area contributed by atoms with Gasteiger partial charge in [-0.3, -0.25) is 18.8 Å². The molecule has 0 aliphatic rings. The summed E-state index contributed by atoms with van der Waals surface area (Å²) in [6, 6.07) is 5.11. The molecule has 3 rings (SSSR count). The number of nitrogens with one attached hydrogen (secondary N) is 1. The number of carbonyl (C=O) groups is 2. The number of hydrogen-bond acceptors (Lipinski definition) is 5. The molecule has 1 amide bonds. The summed E-state index contributed by atoms with van der Waals surface area (Å²) in [4.78, 5) is 41.2. The van der Waals surface area contributed by atoms with Crippen LogP contribution in [-0.4, -0.2) is 38.5 Å². The standard InChI is InChI=1S/C18H20N4O4/c1-10(2)26-15(23)8-19-17(24)13-7-12-16(21(13)4)20-14-6-5-11(3)9-22(14)18(12)25/h5-7,9-10H,8H2,1-4H3,(H,19,24). The summed E-state index contributed by atoms with van der Waals surface area (Å²) < 4.78 is 7.98. The maximum absolute atomic E-state index is 12.7. The van der Waals surface area contributed by atoms with Crippen LogP contribution in [0.2, 0.25) is 0 Å². The van der Waals surface area contributed by atoms with Crippen LogP contribution in [0.3, 0.4) is 0 Å². The molecule has 0 atom stereocenters. The first kappa shape index (κ1) is 17.7. The van der Waals surface area contributed by atoms with Gasteiger partial charge in [0.25, 0.3) is 11.5 Å². The van der Waals surface area contributed by atoms with Crippen LogP contribution in [0.1, 0.15) is 29.9 Å². The lowest BCUT2D eigenvalue weighted by atomic mass is 10.3. The van der Waals surface area contributed by atoms with Crippen molar-refractivity contribution in [2.75, 3.05) is 6.54 Å². The molecular weight excluding hydrogens is 336 g/mol. The molecule has 0 aliphatic carbocycles. The van der Waals surface area contributed by atoms with Crippen LogP contribution in [0, 0.1) is 6.92 Å². The van der Waals surface area contributed by atoms with Crippen LogP contribution in [0.25, 0.3) is 16.7 Å². The molecule has 136 valence electrons. The molecule has 0 aromatic carbocycles. The molecule has 26 heavy (non-hydrogen) atoms. The van der Waals surface area contributed by atoms with Gasteiger partial charge in [-0.15, -0.1) is 0 Å². The molecule has 1 N–H and O–H groups in total. The summed E-state index contributed by atoms with van der Waals surface area (Å²) >= 11 is 0. The van der Waals surface area contributed by atoms with E-state index in [1.54, 1.807) is 37.7 Å². The third-order valence-electron chi connectivity index (χ3n) is 3.94. The van der Waals surface area contributed by atoms with Crippen LogP contribution >= 0.6 is 0 Å². The molecule has 0 fully saturated rings. The highest BCUT2D eigenvalue weighted by Crippen LogP contribution is 2.15. The second-order valence-corrected chi connectivity index (χ2v) is 6.40. The minimum absolute atomic E-state index is 0.244. The summed E-state index contributed by atoms with van der Waals surface area (Å²) in [6.45, 7) is 5.10. The fourth-order valence-corrected chi connectivity index (χ4v) is 2.74. The molecule has 3 aromatic rings. The first-order chi connectivity index (χ1) is 12.3. The lowest BCUT2D eigenvalue weighted by molar-refractivity contribution is -0.146. The minimum Gasteiger partial charge on any atom is -0.462 e. The van der Waals surface area contributed by atoms with Crippen molar-refractivity contribution in [3.63, 3.8) is 0 Å². The van der Waals surface area contributed by atoms with Crippen molar-refractivity contribution < 1.29 is 14.3 Å². The molecule has 0 spiro atoms. The number of rotatable bonds is 4. The van der Waals surface area contributed by atoms with E-state index >= 15 is 0 Å². The molecule has 0 saturated heterocycles. The Morgan fingerprint density at radius 1 is 1.31 bits per heavy atom. The zero-order chi connectivity index (χ0) is 19.0. The molecule has 0 aliphatic heterocycles. The van der Waals surface area contributed by atoms with E-state index < -0.39 is 11.9 Å². The molecule has 8 heteroatoms. The first-order valence-corrected chi connectivity index (χ1v) is 8.24. The summed E-state index contributed by atoms with van der Waals surface area (Å²) in [7, 11) is 1.65. The van der Waals surface area contributed by atoms with E-state index in [4.69, 9.17) is 4.74 Å². The van der Waals surface area contributed by atoms with Crippen LogP contribution in [0.5, 0.6) is 0 Å². The van der Waals surface area contributed by atoms with Gasteiger partial charge in [-0.2, -0.15) is 0 Å². The number of fused-ring (bicyclic) bond motifs is 2. The summed E-state index contributed by atoms with van der Waals surface area (Å²) in [5.41, 5.74) is 1.84. The molecule has 3 heterocycles. The fraction of sp³-hybridized carbons (Fsp3) is 0.333. The number of aryl methyl sites for hydroxylation is 2. The van der Waals surface area contributed by atoms with Gasteiger partial charge in [0.1, 0.15) is 23.5 Å². The Kier molecular flexibility index (Phi) is 4.50. The first-order valence-electron chi connectivity index (χ1n) is 8.24. The van der Waals surface area contributed by atoms with E-state index in [1.807, 2.05) is 13.0 Å².